The highest BCUT2D eigenvalue weighted by atomic mass is 19.1. The summed E-state index contributed by atoms with van der Waals surface area (Å²) in [5.74, 6) is -2.06. The minimum absolute atomic E-state index is 0.0981. The molecule has 0 atom stereocenters. The van der Waals surface area contributed by atoms with Crippen molar-refractivity contribution < 1.29 is 18.0 Å². The number of fused-ring (bicyclic) bond motifs is 1. The highest BCUT2D eigenvalue weighted by Gasteiger charge is 2.27. The Hall–Kier alpha value is -2.50. The van der Waals surface area contributed by atoms with Crippen LogP contribution in [0.15, 0.2) is 18.2 Å². The normalized spacial score (nSPS) is 13.6. The Bertz CT molecular complexity index is 835. The Kier molecular flexibility index (Phi) is 4.45. The Morgan fingerprint density at radius 2 is 1.72 bits per heavy atom. The Morgan fingerprint density at radius 1 is 1.08 bits per heavy atom. The summed E-state index contributed by atoms with van der Waals surface area (Å²) in [4.78, 5) is 12.9. The summed E-state index contributed by atoms with van der Waals surface area (Å²) in [5.41, 5.74) is 2.20. The molecule has 2 aromatic carbocycles. The molecule has 0 saturated heterocycles. The lowest BCUT2D eigenvalue weighted by Crippen LogP contribution is -2.32. The van der Waals surface area contributed by atoms with E-state index in [1.54, 1.807) is 11.0 Å². The first-order valence-corrected chi connectivity index (χ1v) is 8.07. The molecule has 1 heterocycles. The monoisotopic (exact) mass is 348 g/mol. The zero-order valence-corrected chi connectivity index (χ0v) is 14.3. The SMILES string of the molecule is CC(=O)Nc1c(C)c(F)c(N2CCc3cc(F)ccc3C2)c(F)c1C. The number of hydrogen-bond donors (Lipinski definition) is 1. The molecule has 132 valence electrons. The van der Waals surface area contributed by atoms with Crippen LogP contribution in [0.4, 0.5) is 24.5 Å². The molecule has 3 rings (SSSR count). The minimum atomic E-state index is -0.683. The van der Waals surface area contributed by atoms with Gasteiger partial charge < -0.3 is 10.2 Å². The molecule has 1 aliphatic heterocycles. The minimum Gasteiger partial charge on any atom is -0.362 e. The average molecular weight is 348 g/mol. The summed E-state index contributed by atoms with van der Waals surface area (Å²) < 4.78 is 43.1. The lowest BCUT2D eigenvalue weighted by molar-refractivity contribution is -0.114. The average Bonchev–Trinajstić information content (AvgIpc) is 2.57. The molecule has 0 bridgehead atoms. The van der Waals surface area contributed by atoms with E-state index in [0.717, 1.165) is 11.1 Å². The maximum absolute atomic E-state index is 14.9. The number of benzene rings is 2. The van der Waals surface area contributed by atoms with E-state index < -0.39 is 11.6 Å². The predicted octanol–water partition coefficient (Wildman–Crippen LogP) is 4.24. The van der Waals surface area contributed by atoms with Crippen molar-refractivity contribution in [2.75, 3.05) is 16.8 Å². The molecule has 2 aromatic rings. The molecule has 0 saturated carbocycles. The fourth-order valence-corrected chi connectivity index (χ4v) is 3.31. The van der Waals surface area contributed by atoms with Gasteiger partial charge >= 0.3 is 0 Å². The van der Waals surface area contributed by atoms with E-state index in [1.807, 2.05) is 0 Å². The van der Waals surface area contributed by atoms with E-state index in [4.69, 9.17) is 0 Å². The molecule has 0 aliphatic carbocycles. The smallest absolute Gasteiger partial charge is 0.221 e. The second kappa shape index (κ2) is 6.43. The first-order chi connectivity index (χ1) is 11.8. The second-order valence-electron chi connectivity index (χ2n) is 6.37. The van der Waals surface area contributed by atoms with Gasteiger partial charge in [-0.3, -0.25) is 4.79 Å². The fraction of sp³-hybridized carbons (Fsp3) is 0.316. The standard InChI is InChI=1S/C19H19F3N2O/c1-10-16(21)19(17(22)11(2)18(10)23-12(3)25)24-7-6-13-8-15(20)5-4-14(13)9-24/h4-5,8H,6-7,9H2,1-3H3,(H,23,25). The highest BCUT2D eigenvalue weighted by molar-refractivity contribution is 5.91. The van der Waals surface area contributed by atoms with Crippen LogP contribution in [0.1, 0.15) is 29.2 Å². The van der Waals surface area contributed by atoms with Gasteiger partial charge in [0.05, 0.1) is 5.69 Å². The molecule has 0 radical (unpaired) electrons. The van der Waals surface area contributed by atoms with Gasteiger partial charge in [0.25, 0.3) is 0 Å². The van der Waals surface area contributed by atoms with Gasteiger partial charge in [-0.2, -0.15) is 0 Å². The van der Waals surface area contributed by atoms with Gasteiger partial charge in [-0.25, -0.2) is 13.2 Å². The van der Waals surface area contributed by atoms with Crippen molar-refractivity contribution in [3.8, 4) is 0 Å². The zero-order chi connectivity index (χ0) is 18.3. The molecule has 0 fully saturated rings. The van der Waals surface area contributed by atoms with Gasteiger partial charge in [-0.1, -0.05) is 6.07 Å². The van der Waals surface area contributed by atoms with Crippen molar-refractivity contribution >= 4 is 17.3 Å². The summed E-state index contributed by atoms with van der Waals surface area (Å²) in [5, 5.41) is 2.50. The maximum atomic E-state index is 14.9. The van der Waals surface area contributed by atoms with Gasteiger partial charge in [-0.05, 0) is 43.5 Å². The molecule has 6 heteroatoms. The summed E-state index contributed by atoms with van der Waals surface area (Å²) in [6.45, 7) is 5.03. The van der Waals surface area contributed by atoms with Crippen LogP contribution in [0.25, 0.3) is 0 Å². The highest BCUT2D eigenvalue weighted by Crippen LogP contribution is 2.37. The van der Waals surface area contributed by atoms with Gasteiger partial charge in [0, 0.05) is 31.1 Å². The maximum Gasteiger partial charge on any atom is 0.221 e. The van der Waals surface area contributed by atoms with Crippen molar-refractivity contribution in [2.24, 2.45) is 0 Å². The lowest BCUT2D eigenvalue weighted by Gasteiger charge is -2.32. The molecule has 1 aliphatic rings. The molecule has 0 unspecified atom stereocenters. The first kappa shape index (κ1) is 17.3. The summed E-state index contributed by atoms with van der Waals surface area (Å²) in [6.07, 6.45) is 0.511. The lowest BCUT2D eigenvalue weighted by atomic mass is 9.97. The van der Waals surface area contributed by atoms with E-state index >= 15 is 0 Å². The Labute approximate surface area is 144 Å². The molecular formula is C19H19F3N2O. The molecule has 1 amide bonds. The molecule has 0 spiro atoms. The van der Waals surface area contributed by atoms with Gasteiger partial charge in [-0.15, -0.1) is 0 Å². The van der Waals surface area contributed by atoms with E-state index in [1.165, 1.54) is 32.9 Å². The topological polar surface area (TPSA) is 32.3 Å². The number of anilines is 2. The molecule has 3 nitrogen and oxygen atoms in total. The number of rotatable bonds is 2. The predicted molar refractivity (Wildman–Crippen MR) is 91.3 cm³/mol. The number of carbonyl (C=O) groups is 1. The number of halogens is 3. The number of nitrogens with zero attached hydrogens (tertiary/aromatic N) is 1. The van der Waals surface area contributed by atoms with E-state index in [0.29, 0.717) is 19.5 Å². The third-order valence-electron chi connectivity index (χ3n) is 4.62. The third-order valence-corrected chi connectivity index (χ3v) is 4.62. The van der Waals surface area contributed by atoms with Crippen LogP contribution in [0.2, 0.25) is 0 Å². The van der Waals surface area contributed by atoms with Gasteiger partial charge in [0.1, 0.15) is 11.5 Å². The number of amides is 1. The molecular weight excluding hydrogens is 329 g/mol. The Balaban J connectivity index is 2.04. The number of nitrogens with one attached hydrogen (secondary N) is 1. The van der Waals surface area contributed by atoms with E-state index in [-0.39, 0.29) is 34.2 Å². The van der Waals surface area contributed by atoms with E-state index in [9.17, 15) is 18.0 Å². The van der Waals surface area contributed by atoms with Crippen LogP contribution in [0, 0.1) is 31.3 Å². The summed E-state index contributed by atoms with van der Waals surface area (Å²) >= 11 is 0. The second-order valence-corrected chi connectivity index (χ2v) is 6.37. The Morgan fingerprint density at radius 3 is 2.32 bits per heavy atom. The van der Waals surface area contributed by atoms with Crippen LogP contribution < -0.4 is 10.2 Å². The van der Waals surface area contributed by atoms with Crippen LogP contribution in [-0.2, 0) is 17.8 Å². The first-order valence-electron chi connectivity index (χ1n) is 8.07. The van der Waals surface area contributed by atoms with Crippen LogP contribution in [0.5, 0.6) is 0 Å². The molecule has 25 heavy (non-hydrogen) atoms. The van der Waals surface area contributed by atoms with Crippen molar-refractivity contribution in [3.63, 3.8) is 0 Å². The van der Waals surface area contributed by atoms with Crippen molar-refractivity contribution in [3.05, 3.63) is 57.9 Å². The largest absolute Gasteiger partial charge is 0.362 e. The quantitative estimate of drug-likeness (QED) is 0.880. The van der Waals surface area contributed by atoms with E-state index in [2.05, 4.69) is 5.32 Å². The van der Waals surface area contributed by atoms with Crippen molar-refractivity contribution in [1.29, 1.82) is 0 Å². The van der Waals surface area contributed by atoms with Crippen LogP contribution >= 0.6 is 0 Å². The number of hydrogen-bond acceptors (Lipinski definition) is 2. The van der Waals surface area contributed by atoms with Gasteiger partial charge in [0.2, 0.25) is 5.91 Å². The molecule has 0 aromatic heterocycles. The summed E-state index contributed by atoms with van der Waals surface area (Å²) in [6, 6.07) is 4.47. The fourth-order valence-electron chi connectivity index (χ4n) is 3.31. The third kappa shape index (κ3) is 3.08. The van der Waals surface area contributed by atoms with Gasteiger partial charge in [0.15, 0.2) is 11.6 Å². The summed E-state index contributed by atoms with van der Waals surface area (Å²) in [7, 11) is 0. The number of carbonyl (C=O) groups excluding carboxylic acids is 1. The van der Waals surface area contributed by atoms with Crippen LogP contribution in [0.3, 0.4) is 0 Å². The van der Waals surface area contributed by atoms with Crippen molar-refractivity contribution in [2.45, 2.75) is 33.7 Å². The van der Waals surface area contributed by atoms with Crippen molar-refractivity contribution in [1.82, 2.24) is 0 Å². The van der Waals surface area contributed by atoms with Crippen LogP contribution in [-0.4, -0.2) is 12.5 Å². The molecule has 1 N–H and O–H groups in total. The zero-order valence-electron chi connectivity index (χ0n) is 14.3.